The summed E-state index contributed by atoms with van der Waals surface area (Å²) in [4.78, 5) is 0. The molecular formula is C22H19ClN2. The van der Waals surface area contributed by atoms with E-state index in [4.69, 9.17) is 16.7 Å². The molecule has 1 atom stereocenters. The van der Waals surface area contributed by atoms with Crippen LogP contribution in [0, 0.1) is 6.92 Å². The van der Waals surface area contributed by atoms with E-state index in [1.807, 2.05) is 25.1 Å². The number of halogens is 1. The zero-order valence-electron chi connectivity index (χ0n) is 14.1. The predicted molar refractivity (Wildman–Crippen MR) is 105 cm³/mol. The fraction of sp³-hybridized carbons (Fsp3) is 0.136. The molecule has 124 valence electrons. The lowest BCUT2D eigenvalue weighted by Gasteiger charge is -2.24. The SMILES string of the molecule is Cc1ccc(N2N=C(c3ccccc3)C[C@@H]2c2ccccc2)cc1Cl. The molecule has 1 aliphatic heterocycles. The summed E-state index contributed by atoms with van der Waals surface area (Å²) >= 11 is 6.36. The van der Waals surface area contributed by atoms with Gasteiger partial charge in [0.15, 0.2) is 0 Å². The van der Waals surface area contributed by atoms with E-state index in [-0.39, 0.29) is 6.04 Å². The Kier molecular flexibility index (Phi) is 4.29. The third kappa shape index (κ3) is 3.18. The van der Waals surface area contributed by atoms with Crippen molar-refractivity contribution in [3.63, 3.8) is 0 Å². The van der Waals surface area contributed by atoms with Crippen molar-refractivity contribution in [3.05, 3.63) is 101 Å². The van der Waals surface area contributed by atoms with Crippen molar-refractivity contribution in [3.8, 4) is 0 Å². The molecule has 0 saturated carbocycles. The highest BCUT2D eigenvalue weighted by Crippen LogP contribution is 2.37. The Morgan fingerprint density at radius 1 is 0.920 bits per heavy atom. The van der Waals surface area contributed by atoms with Crippen LogP contribution in [0.15, 0.2) is 84.0 Å². The van der Waals surface area contributed by atoms with Crippen molar-refractivity contribution in [1.82, 2.24) is 0 Å². The summed E-state index contributed by atoms with van der Waals surface area (Å²) < 4.78 is 0. The van der Waals surface area contributed by atoms with E-state index in [9.17, 15) is 0 Å². The van der Waals surface area contributed by atoms with Crippen LogP contribution in [0.25, 0.3) is 0 Å². The summed E-state index contributed by atoms with van der Waals surface area (Å²) in [7, 11) is 0. The fourth-order valence-corrected chi connectivity index (χ4v) is 3.39. The first-order valence-electron chi connectivity index (χ1n) is 8.45. The van der Waals surface area contributed by atoms with Crippen molar-refractivity contribution in [2.75, 3.05) is 5.01 Å². The molecule has 3 heteroatoms. The molecule has 0 amide bonds. The van der Waals surface area contributed by atoms with Gasteiger partial charge in [-0.1, -0.05) is 78.3 Å². The Bertz CT molecular complexity index is 904. The number of aryl methyl sites for hydroxylation is 1. The van der Waals surface area contributed by atoms with E-state index < -0.39 is 0 Å². The van der Waals surface area contributed by atoms with Crippen LogP contribution in [-0.2, 0) is 0 Å². The zero-order chi connectivity index (χ0) is 17.2. The molecule has 0 aliphatic carbocycles. The Morgan fingerprint density at radius 2 is 1.60 bits per heavy atom. The quantitative estimate of drug-likeness (QED) is 0.567. The molecule has 0 bridgehead atoms. The number of anilines is 1. The van der Waals surface area contributed by atoms with Crippen molar-refractivity contribution >= 4 is 23.0 Å². The number of hydrogen-bond acceptors (Lipinski definition) is 2. The summed E-state index contributed by atoms with van der Waals surface area (Å²) in [6, 6.07) is 27.2. The van der Waals surface area contributed by atoms with Crippen LogP contribution in [0.4, 0.5) is 5.69 Å². The molecule has 2 nitrogen and oxygen atoms in total. The van der Waals surface area contributed by atoms with Gasteiger partial charge in [-0.3, -0.25) is 5.01 Å². The molecule has 4 rings (SSSR count). The van der Waals surface area contributed by atoms with E-state index in [2.05, 4.69) is 65.7 Å². The van der Waals surface area contributed by atoms with Crippen LogP contribution in [0.3, 0.4) is 0 Å². The lowest BCUT2D eigenvalue weighted by molar-refractivity contribution is 0.709. The maximum Gasteiger partial charge on any atom is 0.0831 e. The highest BCUT2D eigenvalue weighted by Gasteiger charge is 2.29. The first-order chi connectivity index (χ1) is 12.2. The summed E-state index contributed by atoms with van der Waals surface area (Å²) in [6.45, 7) is 2.02. The molecule has 0 spiro atoms. The minimum atomic E-state index is 0.176. The number of hydrazone groups is 1. The maximum atomic E-state index is 6.36. The molecule has 1 aliphatic rings. The largest absolute Gasteiger partial charge is 0.257 e. The molecule has 3 aromatic carbocycles. The van der Waals surface area contributed by atoms with Crippen molar-refractivity contribution < 1.29 is 0 Å². The minimum Gasteiger partial charge on any atom is -0.257 e. The van der Waals surface area contributed by atoms with Crippen LogP contribution in [0.2, 0.25) is 5.02 Å². The van der Waals surface area contributed by atoms with Gasteiger partial charge in [-0.05, 0) is 35.7 Å². The van der Waals surface area contributed by atoms with Gasteiger partial charge >= 0.3 is 0 Å². The van der Waals surface area contributed by atoms with Crippen LogP contribution >= 0.6 is 11.6 Å². The Hall–Kier alpha value is -2.58. The molecule has 1 heterocycles. The second-order valence-electron chi connectivity index (χ2n) is 6.32. The topological polar surface area (TPSA) is 15.6 Å². The lowest BCUT2D eigenvalue weighted by atomic mass is 9.98. The Labute approximate surface area is 153 Å². The van der Waals surface area contributed by atoms with E-state index >= 15 is 0 Å². The molecule has 0 fully saturated rings. The van der Waals surface area contributed by atoms with Crippen LogP contribution in [-0.4, -0.2) is 5.71 Å². The van der Waals surface area contributed by atoms with Crippen LogP contribution in [0.1, 0.15) is 29.2 Å². The normalized spacial score (nSPS) is 16.8. The average molecular weight is 347 g/mol. The first kappa shape index (κ1) is 15.9. The van der Waals surface area contributed by atoms with Gasteiger partial charge in [0.2, 0.25) is 0 Å². The second kappa shape index (κ2) is 6.73. The highest BCUT2D eigenvalue weighted by atomic mass is 35.5. The van der Waals surface area contributed by atoms with E-state index in [1.54, 1.807) is 0 Å². The Morgan fingerprint density at radius 3 is 2.28 bits per heavy atom. The molecule has 0 radical (unpaired) electrons. The molecule has 0 aromatic heterocycles. The van der Waals surface area contributed by atoms with E-state index in [0.29, 0.717) is 0 Å². The van der Waals surface area contributed by atoms with E-state index in [0.717, 1.165) is 28.4 Å². The smallest absolute Gasteiger partial charge is 0.0831 e. The third-order valence-corrected chi connectivity index (χ3v) is 5.03. The molecule has 25 heavy (non-hydrogen) atoms. The number of rotatable bonds is 3. The third-order valence-electron chi connectivity index (χ3n) is 4.62. The molecule has 3 aromatic rings. The Balaban J connectivity index is 1.77. The average Bonchev–Trinajstić information content (AvgIpc) is 3.11. The molecule has 0 N–H and O–H groups in total. The van der Waals surface area contributed by atoms with Gasteiger partial charge in [-0.2, -0.15) is 5.10 Å². The van der Waals surface area contributed by atoms with Gasteiger partial charge in [0.05, 0.1) is 17.4 Å². The predicted octanol–water partition coefficient (Wildman–Crippen LogP) is 6.00. The van der Waals surface area contributed by atoms with Crippen LogP contribution < -0.4 is 5.01 Å². The number of hydrogen-bond donors (Lipinski definition) is 0. The van der Waals surface area contributed by atoms with Gasteiger partial charge in [0.25, 0.3) is 0 Å². The summed E-state index contributed by atoms with van der Waals surface area (Å²) in [5.74, 6) is 0. The molecular weight excluding hydrogens is 328 g/mol. The number of benzene rings is 3. The fourth-order valence-electron chi connectivity index (χ4n) is 3.21. The van der Waals surface area contributed by atoms with Crippen LogP contribution in [0.5, 0.6) is 0 Å². The van der Waals surface area contributed by atoms with Gasteiger partial charge in [-0.15, -0.1) is 0 Å². The van der Waals surface area contributed by atoms with Gasteiger partial charge in [0, 0.05) is 11.4 Å². The van der Waals surface area contributed by atoms with Gasteiger partial charge < -0.3 is 0 Å². The summed E-state index contributed by atoms with van der Waals surface area (Å²) in [5.41, 5.74) is 5.63. The summed E-state index contributed by atoms with van der Waals surface area (Å²) in [5, 5.41) is 7.82. The first-order valence-corrected chi connectivity index (χ1v) is 8.83. The lowest BCUT2D eigenvalue weighted by Crippen LogP contribution is -2.18. The maximum absolute atomic E-state index is 6.36. The standard InChI is InChI=1S/C22H19ClN2/c1-16-12-13-19(14-20(16)23)25-22(18-10-6-3-7-11-18)15-21(24-25)17-8-4-2-5-9-17/h2-14,22H,15H2,1H3/t22-/m1/s1. The van der Waals surface area contributed by atoms with E-state index in [1.165, 1.54) is 11.1 Å². The molecule has 0 saturated heterocycles. The zero-order valence-corrected chi connectivity index (χ0v) is 14.8. The van der Waals surface area contributed by atoms with Crippen molar-refractivity contribution in [2.24, 2.45) is 5.10 Å². The van der Waals surface area contributed by atoms with Crippen molar-refractivity contribution in [2.45, 2.75) is 19.4 Å². The monoisotopic (exact) mass is 346 g/mol. The molecule has 0 unspecified atom stereocenters. The van der Waals surface area contributed by atoms with Gasteiger partial charge in [-0.25, -0.2) is 0 Å². The minimum absolute atomic E-state index is 0.176. The van der Waals surface area contributed by atoms with Gasteiger partial charge in [0.1, 0.15) is 0 Å². The van der Waals surface area contributed by atoms with Crippen molar-refractivity contribution in [1.29, 1.82) is 0 Å². The number of nitrogens with zero attached hydrogens (tertiary/aromatic N) is 2. The highest BCUT2D eigenvalue weighted by molar-refractivity contribution is 6.31. The second-order valence-corrected chi connectivity index (χ2v) is 6.73. The summed E-state index contributed by atoms with van der Waals surface area (Å²) in [6.07, 6.45) is 0.875.